The Bertz CT molecular complexity index is 2950. The molecule has 8 heteroatoms. The molecule has 2 aliphatic rings. The van der Waals surface area contributed by atoms with Gasteiger partial charge in [-0.2, -0.15) is 0 Å². The van der Waals surface area contributed by atoms with Gasteiger partial charge in [-0.3, -0.25) is 0 Å². The number of rotatable bonds is 5. The number of hydrogen-bond donors (Lipinski definition) is 8. The topological polar surface area (TPSA) is 162 Å². The normalized spacial score (nSPS) is 15.8. The Labute approximate surface area is 327 Å². The molecule has 9 rings (SSSR count). The smallest absolute Gasteiger partial charge is 0.204 e. The highest BCUT2D eigenvalue weighted by Crippen LogP contribution is 2.62. The van der Waals surface area contributed by atoms with Crippen LogP contribution >= 0.6 is 0 Å². The van der Waals surface area contributed by atoms with Crippen molar-refractivity contribution in [2.24, 2.45) is 0 Å². The minimum atomic E-state index is -1.00. The standard InChI is InChI=1S/C49H38O8/c1-2-10-26-12-5-6-16-31(26)34-21-22-35(33-18-8-7-17-32(33)34)37-40-38(42(50)46(54)48(56)44(40)52)36(39-41(37)45(53)49(57)47(55)43(39)51)30-15-9-14-28(24-30)29-20-19-25-11-3-4-13-27(25)23-29/h2-4,6-11,13,15-24,28,50-57H,5,12,14H2,1H3/b10-2-. The van der Waals surface area contributed by atoms with Crippen LogP contribution in [0.2, 0.25) is 0 Å². The Morgan fingerprint density at radius 3 is 1.74 bits per heavy atom. The summed E-state index contributed by atoms with van der Waals surface area (Å²) in [6.45, 7) is 1.97. The molecule has 0 aliphatic heterocycles. The molecule has 0 amide bonds. The van der Waals surface area contributed by atoms with Crippen LogP contribution in [0.5, 0.6) is 46.0 Å². The number of benzene rings is 7. The molecular weight excluding hydrogens is 717 g/mol. The second kappa shape index (κ2) is 13.5. The lowest BCUT2D eigenvalue weighted by atomic mass is 9.79. The fourth-order valence-electron chi connectivity index (χ4n) is 8.77. The van der Waals surface area contributed by atoms with Crippen molar-refractivity contribution in [2.75, 3.05) is 0 Å². The Morgan fingerprint density at radius 2 is 1.11 bits per heavy atom. The summed E-state index contributed by atoms with van der Waals surface area (Å²) in [5, 5.41) is 94.8. The van der Waals surface area contributed by atoms with Gasteiger partial charge >= 0.3 is 0 Å². The van der Waals surface area contributed by atoms with Crippen molar-refractivity contribution in [1.82, 2.24) is 0 Å². The predicted molar refractivity (Wildman–Crippen MR) is 226 cm³/mol. The van der Waals surface area contributed by atoms with Gasteiger partial charge in [0.1, 0.15) is 0 Å². The average Bonchev–Trinajstić information content (AvgIpc) is 3.25. The lowest BCUT2D eigenvalue weighted by molar-refractivity contribution is 0.350. The number of allylic oxidation sites excluding steroid dienone is 10. The van der Waals surface area contributed by atoms with Crippen LogP contribution in [-0.4, -0.2) is 40.9 Å². The molecule has 0 saturated heterocycles. The van der Waals surface area contributed by atoms with Gasteiger partial charge in [-0.1, -0.05) is 121 Å². The fraction of sp³-hybridized carbons (Fsp3) is 0.102. The first-order valence-electron chi connectivity index (χ1n) is 18.8. The molecule has 2 aliphatic carbocycles. The fourth-order valence-corrected chi connectivity index (χ4v) is 8.77. The van der Waals surface area contributed by atoms with Gasteiger partial charge in [-0.05, 0) is 81.1 Å². The van der Waals surface area contributed by atoms with E-state index in [4.69, 9.17) is 0 Å². The third-order valence-electron chi connectivity index (χ3n) is 11.4. The molecule has 8 N–H and O–H groups in total. The summed E-state index contributed by atoms with van der Waals surface area (Å²) in [6.07, 6.45) is 16.2. The maximum absolute atomic E-state index is 11.9. The lowest BCUT2D eigenvalue weighted by Crippen LogP contribution is -2.02. The van der Waals surface area contributed by atoms with Crippen LogP contribution in [-0.2, 0) is 0 Å². The molecule has 57 heavy (non-hydrogen) atoms. The third-order valence-corrected chi connectivity index (χ3v) is 11.4. The Balaban J connectivity index is 1.43. The van der Waals surface area contributed by atoms with Gasteiger partial charge in [-0.15, -0.1) is 0 Å². The summed E-state index contributed by atoms with van der Waals surface area (Å²) in [5.74, 6) is -7.45. The number of hydrogen-bond acceptors (Lipinski definition) is 8. The van der Waals surface area contributed by atoms with E-state index in [1.165, 1.54) is 0 Å². The van der Waals surface area contributed by atoms with Crippen LogP contribution in [0.3, 0.4) is 0 Å². The Hall–Kier alpha value is -7.32. The third kappa shape index (κ3) is 5.36. The predicted octanol–water partition coefficient (Wildman–Crippen LogP) is 11.4. The summed E-state index contributed by atoms with van der Waals surface area (Å²) in [5.41, 5.74) is 4.93. The molecule has 8 nitrogen and oxygen atoms in total. The van der Waals surface area contributed by atoms with Gasteiger partial charge in [0.15, 0.2) is 23.0 Å². The maximum Gasteiger partial charge on any atom is 0.204 e. The summed E-state index contributed by atoms with van der Waals surface area (Å²) in [4.78, 5) is 0. The highest BCUT2D eigenvalue weighted by atomic mass is 16.4. The van der Waals surface area contributed by atoms with E-state index in [9.17, 15) is 40.9 Å². The number of phenolic OH excluding ortho intramolecular Hbond substituents is 8. The van der Waals surface area contributed by atoms with E-state index in [1.807, 2.05) is 91.9 Å². The van der Waals surface area contributed by atoms with E-state index in [-0.39, 0.29) is 38.6 Å². The van der Waals surface area contributed by atoms with Gasteiger partial charge < -0.3 is 40.9 Å². The summed E-state index contributed by atoms with van der Waals surface area (Å²) in [6, 6.07) is 25.3. The van der Waals surface area contributed by atoms with E-state index in [0.717, 1.165) is 51.3 Å². The highest BCUT2D eigenvalue weighted by Gasteiger charge is 2.33. The Kier molecular flexibility index (Phi) is 8.36. The van der Waals surface area contributed by atoms with E-state index in [1.54, 1.807) is 12.1 Å². The molecule has 0 spiro atoms. The first-order valence-corrected chi connectivity index (χ1v) is 18.8. The van der Waals surface area contributed by atoms with Crippen LogP contribution in [0.25, 0.3) is 65.4 Å². The van der Waals surface area contributed by atoms with Crippen molar-refractivity contribution in [2.45, 2.75) is 32.1 Å². The largest absolute Gasteiger partial charge is 0.504 e. The quantitative estimate of drug-likeness (QED) is 0.0489. The van der Waals surface area contributed by atoms with Crippen molar-refractivity contribution in [3.05, 3.63) is 144 Å². The molecule has 0 saturated carbocycles. The first-order chi connectivity index (χ1) is 27.6. The van der Waals surface area contributed by atoms with Gasteiger partial charge in [-0.25, -0.2) is 0 Å². The van der Waals surface area contributed by atoms with Crippen molar-refractivity contribution in [3.8, 4) is 57.1 Å². The lowest BCUT2D eigenvalue weighted by Gasteiger charge is -2.25. The van der Waals surface area contributed by atoms with Crippen LogP contribution < -0.4 is 0 Å². The summed E-state index contributed by atoms with van der Waals surface area (Å²) >= 11 is 0. The van der Waals surface area contributed by atoms with E-state index >= 15 is 0 Å². The van der Waals surface area contributed by atoms with Crippen LogP contribution in [0, 0.1) is 0 Å². The SMILES string of the molecule is C/C=C\C1=C(c2ccc(-c3c4c(O)c(O)c(O)c(O)c4c(C4=CC(c5ccc6ccccc6c5)CC=C4)c4c(O)c(O)c(O)c(O)c34)c3ccccc23)C=CCC1. The summed E-state index contributed by atoms with van der Waals surface area (Å²) in [7, 11) is 0. The van der Waals surface area contributed by atoms with E-state index < -0.39 is 46.0 Å². The zero-order valence-corrected chi connectivity index (χ0v) is 30.8. The monoisotopic (exact) mass is 754 g/mol. The molecule has 0 radical (unpaired) electrons. The van der Waals surface area contributed by atoms with Gasteiger partial charge in [0.25, 0.3) is 0 Å². The molecule has 0 heterocycles. The van der Waals surface area contributed by atoms with Crippen LogP contribution in [0.15, 0.2) is 127 Å². The van der Waals surface area contributed by atoms with Gasteiger partial charge in [0, 0.05) is 38.6 Å². The zero-order valence-electron chi connectivity index (χ0n) is 30.8. The van der Waals surface area contributed by atoms with Crippen molar-refractivity contribution in [3.63, 3.8) is 0 Å². The molecule has 0 fully saturated rings. The van der Waals surface area contributed by atoms with Gasteiger partial charge in [0.05, 0.1) is 0 Å². The van der Waals surface area contributed by atoms with E-state index in [2.05, 4.69) is 24.3 Å². The zero-order chi connectivity index (χ0) is 39.7. The van der Waals surface area contributed by atoms with Crippen LogP contribution in [0.1, 0.15) is 48.8 Å². The van der Waals surface area contributed by atoms with E-state index in [0.29, 0.717) is 22.9 Å². The molecule has 7 aromatic carbocycles. The second-order valence-corrected chi connectivity index (χ2v) is 14.6. The molecule has 0 aromatic heterocycles. The Morgan fingerprint density at radius 1 is 0.544 bits per heavy atom. The van der Waals surface area contributed by atoms with Crippen LogP contribution in [0.4, 0.5) is 0 Å². The maximum atomic E-state index is 11.9. The number of aromatic hydroxyl groups is 8. The van der Waals surface area contributed by atoms with Crippen molar-refractivity contribution in [1.29, 1.82) is 0 Å². The molecule has 0 bridgehead atoms. The molecule has 282 valence electrons. The first kappa shape index (κ1) is 35.4. The highest BCUT2D eigenvalue weighted by molar-refractivity contribution is 6.29. The molecule has 1 atom stereocenters. The number of fused-ring (bicyclic) bond motifs is 4. The minimum Gasteiger partial charge on any atom is -0.504 e. The molecular formula is C49H38O8. The van der Waals surface area contributed by atoms with Gasteiger partial charge in [0.2, 0.25) is 23.0 Å². The second-order valence-electron chi connectivity index (χ2n) is 14.6. The molecule has 7 aromatic rings. The average molecular weight is 755 g/mol. The van der Waals surface area contributed by atoms with Crippen molar-refractivity contribution < 1.29 is 40.9 Å². The minimum absolute atomic E-state index is 0.0195. The molecule has 1 unspecified atom stereocenters. The number of phenols is 8. The van der Waals surface area contributed by atoms with Crippen molar-refractivity contribution >= 4 is 54.2 Å². The summed E-state index contributed by atoms with van der Waals surface area (Å²) < 4.78 is 0.